The number of carbonyl (C=O) groups excluding carboxylic acids is 1. The van der Waals surface area contributed by atoms with Crippen molar-refractivity contribution in [3.8, 4) is 0 Å². The number of amides is 1. The summed E-state index contributed by atoms with van der Waals surface area (Å²) in [6.45, 7) is 6.79. The van der Waals surface area contributed by atoms with Crippen LogP contribution in [0.2, 0.25) is 0 Å². The smallest absolute Gasteiger partial charge is 0.251 e. The lowest BCUT2D eigenvalue weighted by Crippen LogP contribution is -2.39. The van der Waals surface area contributed by atoms with Gasteiger partial charge in [-0.15, -0.1) is 11.3 Å². The highest BCUT2D eigenvalue weighted by atomic mass is 32.1. The fourth-order valence-electron chi connectivity index (χ4n) is 3.12. The Morgan fingerprint density at radius 3 is 2.77 bits per heavy atom. The molecular formula is C24H30N4O2S. The van der Waals surface area contributed by atoms with Crippen molar-refractivity contribution in [2.75, 3.05) is 13.1 Å². The molecule has 2 aromatic heterocycles. The monoisotopic (exact) mass is 438 g/mol. The van der Waals surface area contributed by atoms with Crippen LogP contribution in [-0.2, 0) is 19.5 Å². The molecule has 3 aromatic rings. The van der Waals surface area contributed by atoms with Crippen LogP contribution in [0.1, 0.15) is 40.4 Å². The van der Waals surface area contributed by atoms with Gasteiger partial charge in [-0.2, -0.15) is 0 Å². The molecule has 0 spiro atoms. The molecule has 1 aromatic carbocycles. The van der Waals surface area contributed by atoms with Gasteiger partial charge in [0, 0.05) is 23.5 Å². The van der Waals surface area contributed by atoms with Crippen LogP contribution in [0.3, 0.4) is 0 Å². The van der Waals surface area contributed by atoms with E-state index < -0.39 is 0 Å². The quantitative estimate of drug-likeness (QED) is 0.327. The molecule has 0 aliphatic carbocycles. The van der Waals surface area contributed by atoms with Crippen LogP contribution in [0, 0.1) is 5.92 Å². The summed E-state index contributed by atoms with van der Waals surface area (Å²) in [7, 11) is 0. The third-order valence-corrected chi connectivity index (χ3v) is 5.60. The predicted molar refractivity (Wildman–Crippen MR) is 126 cm³/mol. The summed E-state index contributed by atoms with van der Waals surface area (Å²) in [5.41, 5.74) is 1.59. The van der Waals surface area contributed by atoms with Gasteiger partial charge >= 0.3 is 0 Å². The van der Waals surface area contributed by atoms with Crippen LogP contribution in [0.5, 0.6) is 0 Å². The zero-order valence-electron chi connectivity index (χ0n) is 18.1. The molecule has 1 unspecified atom stereocenters. The number of thiophene rings is 1. The molecule has 0 fully saturated rings. The minimum absolute atomic E-state index is 0.130. The van der Waals surface area contributed by atoms with Gasteiger partial charge in [0.2, 0.25) is 0 Å². The summed E-state index contributed by atoms with van der Waals surface area (Å²) in [5, 5.41) is 11.7. The molecular weight excluding hydrogens is 408 g/mol. The molecule has 6 nitrogen and oxygen atoms in total. The largest absolute Gasteiger partial charge is 0.467 e. The highest BCUT2D eigenvalue weighted by Crippen LogP contribution is 2.14. The molecule has 1 amide bonds. The van der Waals surface area contributed by atoms with Gasteiger partial charge in [-0.1, -0.05) is 25.1 Å². The second kappa shape index (κ2) is 12.0. The second-order valence-electron chi connectivity index (χ2n) is 7.43. The molecule has 3 rings (SSSR count). The number of aliphatic imine (C=N–C) groups is 1. The summed E-state index contributed by atoms with van der Waals surface area (Å²) < 4.78 is 5.25. The van der Waals surface area contributed by atoms with Gasteiger partial charge in [-0.05, 0) is 60.5 Å². The molecule has 0 saturated carbocycles. The van der Waals surface area contributed by atoms with Crippen molar-refractivity contribution in [2.45, 2.75) is 33.4 Å². The SMILES string of the molecule is CCNC(=NCc1cccc(C(=O)NCc2ccco2)c1)NCC(C)Cc1cccs1. The third kappa shape index (κ3) is 7.61. The minimum atomic E-state index is -0.130. The summed E-state index contributed by atoms with van der Waals surface area (Å²) in [6.07, 6.45) is 2.65. The van der Waals surface area contributed by atoms with Crippen LogP contribution in [0.4, 0.5) is 0 Å². The maximum Gasteiger partial charge on any atom is 0.251 e. The molecule has 31 heavy (non-hydrogen) atoms. The van der Waals surface area contributed by atoms with Crippen molar-refractivity contribution in [1.82, 2.24) is 16.0 Å². The molecule has 0 aliphatic heterocycles. The first kappa shape index (κ1) is 22.6. The number of nitrogens with zero attached hydrogens (tertiary/aromatic N) is 1. The Labute approximate surface area is 187 Å². The van der Waals surface area contributed by atoms with E-state index >= 15 is 0 Å². The van der Waals surface area contributed by atoms with Crippen LogP contribution in [-0.4, -0.2) is 25.0 Å². The fraction of sp³-hybridized carbons (Fsp3) is 0.333. The van der Waals surface area contributed by atoms with E-state index in [2.05, 4.69) is 47.3 Å². The Morgan fingerprint density at radius 2 is 2.03 bits per heavy atom. The van der Waals surface area contributed by atoms with Crippen molar-refractivity contribution in [2.24, 2.45) is 10.9 Å². The Hall–Kier alpha value is -3.06. The second-order valence-corrected chi connectivity index (χ2v) is 8.46. The average molecular weight is 439 g/mol. The molecule has 0 radical (unpaired) electrons. The number of nitrogens with one attached hydrogen (secondary N) is 3. The Balaban J connectivity index is 1.53. The van der Waals surface area contributed by atoms with Crippen LogP contribution in [0.15, 0.2) is 69.6 Å². The highest BCUT2D eigenvalue weighted by molar-refractivity contribution is 7.09. The first-order valence-electron chi connectivity index (χ1n) is 10.6. The third-order valence-electron chi connectivity index (χ3n) is 4.70. The maximum absolute atomic E-state index is 12.4. The molecule has 0 aliphatic rings. The van der Waals surface area contributed by atoms with E-state index in [9.17, 15) is 4.79 Å². The molecule has 0 saturated heterocycles. The van der Waals surface area contributed by atoms with Gasteiger partial charge in [0.25, 0.3) is 5.91 Å². The summed E-state index contributed by atoms with van der Waals surface area (Å²) in [4.78, 5) is 18.5. The minimum Gasteiger partial charge on any atom is -0.467 e. The van der Waals surface area contributed by atoms with Gasteiger partial charge in [0.15, 0.2) is 5.96 Å². The van der Waals surface area contributed by atoms with Gasteiger partial charge in [-0.25, -0.2) is 4.99 Å². The van der Waals surface area contributed by atoms with Crippen LogP contribution in [0.25, 0.3) is 0 Å². The Bertz CT molecular complexity index is 952. The van der Waals surface area contributed by atoms with Crippen molar-refractivity contribution in [3.63, 3.8) is 0 Å². The molecule has 2 heterocycles. The average Bonchev–Trinajstić information content (AvgIpc) is 3.48. The van der Waals surface area contributed by atoms with E-state index in [-0.39, 0.29) is 5.91 Å². The van der Waals surface area contributed by atoms with E-state index in [4.69, 9.17) is 9.41 Å². The van der Waals surface area contributed by atoms with Crippen LogP contribution < -0.4 is 16.0 Å². The van der Waals surface area contributed by atoms with Gasteiger partial charge < -0.3 is 20.4 Å². The lowest BCUT2D eigenvalue weighted by Gasteiger charge is -2.15. The number of rotatable bonds is 10. The van der Waals surface area contributed by atoms with E-state index in [0.717, 1.165) is 36.8 Å². The highest BCUT2D eigenvalue weighted by Gasteiger charge is 2.08. The number of carbonyl (C=O) groups is 1. The normalized spacial score (nSPS) is 12.4. The van der Waals surface area contributed by atoms with E-state index in [1.54, 1.807) is 29.7 Å². The maximum atomic E-state index is 12.4. The molecule has 3 N–H and O–H groups in total. The van der Waals surface area contributed by atoms with Crippen molar-refractivity contribution in [1.29, 1.82) is 0 Å². The lowest BCUT2D eigenvalue weighted by atomic mass is 10.1. The molecule has 7 heteroatoms. The van der Waals surface area contributed by atoms with Crippen molar-refractivity contribution >= 4 is 23.2 Å². The Kier molecular flexibility index (Phi) is 8.72. The zero-order valence-corrected chi connectivity index (χ0v) is 18.9. The molecule has 0 bridgehead atoms. The van der Waals surface area contributed by atoms with E-state index in [1.165, 1.54) is 4.88 Å². The summed E-state index contributed by atoms with van der Waals surface area (Å²) in [6, 6.07) is 15.5. The topological polar surface area (TPSA) is 78.7 Å². The standard InChI is InChI=1S/C24H30N4O2S/c1-3-25-24(27-15-18(2)13-22-10-6-12-31-22)28-16-19-7-4-8-20(14-19)23(29)26-17-21-9-5-11-30-21/h4-12,14,18H,3,13,15-17H2,1-2H3,(H,26,29)(H2,25,27,28). The number of hydrogen-bond donors (Lipinski definition) is 3. The van der Waals surface area contributed by atoms with Crippen molar-refractivity contribution < 1.29 is 9.21 Å². The lowest BCUT2D eigenvalue weighted by molar-refractivity contribution is 0.0948. The summed E-state index contributed by atoms with van der Waals surface area (Å²) in [5.74, 6) is 1.88. The zero-order chi connectivity index (χ0) is 21.9. The Morgan fingerprint density at radius 1 is 1.13 bits per heavy atom. The van der Waals surface area contributed by atoms with Gasteiger partial charge in [0.05, 0.1) is 19.4 Å². The van der Waals surface area contributed by atoms with Crippen molar-refractivity contribution in [3.05, 3.63) is 81.9 Å². The first-order chi connectivity index (χ1) is 15.1. The van der Waals surface area contributed by atoms with Crippen LogP contribution >= 0.6 is 11.3 Å². The number of hydrogen-bond acceptors (Lipinski definition) is 4. The first-order valence-corrected chi connectivity index (χ1v) is 11.5. The molecule has 164 valence electrons. The predicted octanol–water partition coefficient (Wildman–Crippen LogP) is 4.21. The van der Waals surface area contributed by atoms with Gasteiger partial charge in [0.1, 0.15) is 5.76 Å². The fourth-order valence-corrected chi connectivity index (χ4v) is 3.99. The molecule has 1 atom stereocenters. The number of furan rings is 1. The number of guanidine groups is 1. The summed E-state index contributed by atoms with van der Waals surface area (Å²) >= 11 is 1.80. The van der Waals surface area contributed by atoms with E-state index in [0.29, 0.717) is 24.6 Å². The van der Waals surface area contributed by atoms with E-state index in [1.807, 2.05) is 24.3 Å². The number of benzene rings is 1. The van der Waals surface area contributed by atoms with Gasteiger partial charge in [-0.3, -0.25) is 4.79 Å².